The first kappa shape index (κ1) is 13.3. The molecule has 3 heteroatoms. The van der Waals surface area contributed by atoms with Gasteiger partial charge in [0.15, 0.2) is 0 Å². The van der Waals surface area contributed by atoms with Crippen molar-refractivity contribution in [2.45, 2.75) is 52.1 Å². The maximum Gasteiger partial charge on any atom is 0.0445 e. The van der Waals surface area contributed by atoms with Gasteiger partial charge in [0.1, 0.15) is 0 Å². The van der Waals surface area contributed by atoms with E-state index in [2.05, 4.69) is 35.1 Å². The highest BCUT2D eigenvalue weighted by atomic mass is 15.2. The van der Waals surface area contributed by atoms with E-state index in [1.54, 1.807) is 0 Å². The average Bonchev–Trinajstić information content (AvgIpc) is 2.61. The molecule has 18 heavy (non-hydrogen) atoms. The Morgan fingerprint density at radius 3 is 3.11 bits per heavy atom. The van der Waals surface area contributed by atoms with Gasteiger partial charge in [-0.25, -0.2) is 0 Å². The quantitative estimate of drug-likeness (QED) is 0.886. The molecule has 0 spiro atoms. The topological polar surface area (TPSA) is 28.2 Å². The zero-order chi connectivity index (χ0) is 12.8. The van der Waals surface area contributed by atoms with Gasteiger partial charge in [0.25, 0.3) is 0 Å². The highest BCUT2D eigenvalue weighted by Gasteiger charge is 2.19. The van der Waals surface area contributed by atoms with E-state index >= 15 is 0 Å². The van der Waals surface area contributed by atoms with Gasteiger partial charge in [-0.1, -0.05) is 19.8 Å². The van der Waals surface area contributed by atoms with Crippen molar-refractivity contribution < 1.29 is 0 Å². The number of pyridine rings is 1. The van der Waals surface area contributed by atoms with E-state index in [1.807, 2.05) is 12.4 Å². The Kier molecular flexibility index (Phi) is 5.00. The van der Waals surface area contributed by atoms with Crippen LogP contribution in [-0.4, -0.2) is 24.1 Å². The van der Waals surface area contributed by atoms with E-state index in [0.717, 1.165) is 13.1 Å². The molecule has 1 aromatic rings. The fraction of sp³-hybridized carbons (Fsp3) is 0.667. The normalized spacial score (nSPS) is 20.8. The van der Waals surface area contributed by atoms with Gasteiger partial charge in [-0.05, 0) is 32.4 Å². The third-order valence-electron chi connectivity index (χ3n) is 3.81. The van der Waals surface area contributed by atoms with Gasteiger partial charge in [0, 0.05) is 42.8 Å². The van der Waals surface area contributed by atoms with Crippen molar-refractivity contribution >= 4 is 5.69 Å². The number of nitrogens with zero attached hydrogens (tertiary/aromatic N) is 2. The molecule has 3 nitrogen and oxygen atoms in total. The van der Waals surface area contributed by atoms with E-state index in [-0.39, 0.29) is 0 Å². The maximum atomic E-state index is 4.27. The van der Waals surface area contributed by atoms with Crippen LogP contribution < -0.4 is 10.2 Å². The number of rotatable bonds is 4. The zero-order valence-electron chi connectivity index (χ0n) is 11.7. The van der Waals surface area contributed by atoms with Crippen LogP contribution in [0.2, 0.25) is 0 Å². The van der Waals surface area contributed by atoms with Gasteiger partial charge < -0.3 is 10.2 Å². The number of nitrogens with one attached hydrogen (secondary N) is 1. The average molecular weight is 247 g/mol. The maximum absolute atomic E-state index is 4.27. The van der Waals surface area contributed by atoms with Crippen molar-refractivity contribution in [3.8, 4) is 0 Å². The molecule has 0 bridgehead atoms. The largest absolute Gasteiger partial charge is 0.368 e. The Balaban J connectivity index is 2.19. The Labute approximate surface area is 111 Å². The van der Waals surface area contributed by atoms with Crippen LogP contribution in [-0.2, 0) is 6.54 Å². The third kappa shape index (κ3) is 3.22. The predicted octanol–water partition coefficient (Wildman–Crippen LogP) is 2.96. The molecule has 100 valence electrons. The molecular formula is C15H25N3. The lowest BCUT2D eigenvalue weighted by atomic mass is 10.1. The molecule has 1 saturated heterocycles. The first-order valence-corrected chi connectivity index (χ1v) is 7.23. The molecule has 1 aliphatic rings. The van der Waals surface area contributed by atoms with Gasteiger partial charge >= 0.3 is 0 Å². The molecular weight excluding hydrogens is 222 g/mol. The van der Waals surface area contributed by atoms with Crippen LogP contribution in [0.5, 0.6) is 0 Å². The summed E-state index contributed by atoms with van der Waals surface area (Å²) in [5.74, 6) is 0. The van der Waals surface area contributed by atoms with Crippen molar-refractivity contribution in [2.75, 3.05) is 18.0 Å². The molecule has 0 radical (unpaired) electrons. The van der Waals surface area contributed by atoms with Crippen LogP contribution in [0.1, 0.15) is 45.1 Å². The first-order chi connectivity index (χ1) is 8.83. The second-order valence-electron chi connectivity index (χ2n) is 5.18. The molecule has 0 aromatic carbocycles. The first-order valence-electron chi connectivity index (χ1n) is 7.23. The molecule has 0 aliphatic carbocycles. The third-order valence-corrected chi connectivity index (χ3v) is 3.81. The van der Waals surface area contributed by atoms with Crippen LogP contribution >= 0.6 is 0 Å². The Morgan fingerprint density at radius 2 is 2.28 bits per heavy atom. The Morgan fingerprint density at radius 1 is 1.39 bits per heavy atom. The minimum Gasteiger partial charge on any atom is -0.368 e. The summed E-state index contributed by atoms with van der Waals surface area (Å²) >= 11 is 0. The molecule has 0 amide bonds. The van der Waals surface area contributed by atoms with Gasteiger partial charge in [-0.15, -0.1) is 0 Å². The van der Waals surface area contributed by atoms with Crippen LogP contribution in [0.4, 0.5) is 5.69 Å². The van der Waals surface area contributed by atoms with E-state index in [9.17, 15) is 0 Å². The van der Waals surface area contributed by atoms with Crippen molar-refractivity contribution in [1.82, 2.24) is 10.3 Å². The van der Waals surface area contributed by atoms with E-state index in [1.165, 1.54) is 43.5 Å². The lowest BCUT2D eigenvalue weighted by Crippen LogP contribution is -2.33. The Hall–Kier alpha value is -1.09. The van der Waals surface area contributed by atoms with Crippen LogP contribution in [0.3, 0.4) is 0 Å². The summed E-state index contributed by atoms with van der Waals surface area (Å²) in [6.45, 7) is 7.60. The molecule has 1 unspecified atom stereocenters. The van der Waals surface area contributed by atoms with Crippen LogP contribution in [0.15, 0.2) is 18.5 Å². The van der Waals surface area contributed by atoms with E-state index in [0.29, 0.717) is 6.04 Å². The lowest BCUT2D eigenvalue weighted by Gasteiger charge is -2.31. The molecule has 1 fully saturated rings. The molecule has 2 heterocycles. The number of anilines is 1. The zero-order valence-corrected chi connectivity index (χ0v) is 11.7. The highest BCUT2D eigenvalue weighted by Crippen LogP contribution is 2.26. The number of hydrogen-bond acceptors (Lipinski definition) is 3. The summed E-state index contributed by atoms with van der Waals surface area (Å²) in [5, 5.41) is 3.41. The molecule has 1 aliphatic heterocycles. The van der Waals surface area contributed by atoms with Crippen molar-refractivity contribution in [1.29, 1.82) is 0 Å². The fourth-order valence-electron chi connectivity index (χ4n) is 2.73. The van der Waals surface area contributed by atoms with Gasteiger partial charge in [-0.2, -0.15) is 0 Å². The molecule has 1 aromatic heterocycles. The van der Waals surface area contributed by atoms with Crippen molar-refractivity contribution in [3.05, 3.63) is 24.0 Å². The summed E-state index contributed by atoms with van der Waals surface area (Å²) in [6.07, 6.45) is 9.29. The molecule has 2 rings (SSSR count). The van der Waals surface area contributed by atoms with Gasteiger partial charge in [0.2, 0.25) is 0 Å². The minimum atomic E-state index is 0.648. The summed E-state index contributed by atoms with van der Waals surface area (Å²) in [6, 6.07) is 2.82. The minimum absolute atomic E-state index is 0.648. The monoisotopic (exact) mass is 247 g/mol. The summed E-state index contributed by atoms with van der Waals surface area (Å²) < 4.78 is 0. The van der Waals surface area contributed by atoms with Crippen molar-refractivity contribution in [3.63, 3.8) is 0 Å². The number of aromatic nitrogens is 1. The van der Waals surface area contributed by atoms with Gasteiger partial charge in [0.05, 0.1) is 0 Å². The van der Waals surface area contributed by atoms with Crippen molar-refractivity contribution in [2.24, 2.45) is 0 Å². The summed E-state index contributed by atoms with van der Waals surface area (Å²) in [4.78, 5) is 6.85. The van der Waals surface area contributed by atoms with Crippen LogP contribution in [0, 0.1) is 0 Å². The van der Waals surface area contributed by atoms with E-state index in [4.69, 9.17) is 0 Å². The van der Waals surface area contributed by atoms with E-state index < -0.39 is 0 Å². The fourth-order valence-corrected chi connectivity index (χ4v) is 2.73. The predicted molar refractivity (Wildman–Crippen MR) is 76.9 cm³/mol. The number of hydrogen-bond donors (Lipinski definition) is 1. The molecule has 0 saturated carbocycles. The standard InChI is InChI=1S/C15H25N3/c1-3-16-11-14-12-17-9-8-15(14)18-10-6-4-5-7-13(18)2/h8-9,12-13,16H,3-7,10-11H2,1-2H3. The summed E-state index contributed by atoms with van der Waals surface area (Å²) in [7, 11) is 0. The van der Waals surface area contributed by atoms with Crippen LogP contribution in [0.25, 0.3) is 0 Å². The summed E-state index contributed by atoms with van der Waals surface area (Å²) in [5.41, 5.74) is 2.70. The second kappa shape index (κ2) is 6.74. The highest BCUT2D eigenvalue weighted by molar-refractivity contribution is 5.53. The Bertz CT molecular complexity index is 365. The SMILES string of the molecule is CCNCc1cnccc1N1CCCCCC1C. The lowest BCUT2D eigenvalue weighted by molar-refractivity contribution is 0.611. The molecule has 1 N–H and O–H groups in total. The molecule has 1 atom stereocenters. The smallest absolute Gasteiger partial charge is 0.0445 e. The second-order valence-corrected chi connectivity index (χ2v) is 5.18. The van der Waals surface area contributed by atoms with Gasteiger partial charge in [-0.3, -0.25) is 4.98 Å².